The second kappa shape index (κ2) is 16.7. The Balaban J connectivity index is 0.000000572. The Morgan fingerprint density at radius 2 is 1.27 bits per heavy atom. The first-order valence-electron chi connectivity index (χ1n) is 13.4. The van der Waals surface area contributed by atoms with Crippen molar-refractivity contribution < 1.29 is 25.1 Å². The van der Waals surface area contributed by atoms with Crippen LogP contribution in [-0.4, -0.2) is 17.0 Å². The van der Waals surface area contributed by atoms with Crippen LogP contribution in [0.2, 0.25) is 18.1 Å². The molecule has 0 radical (unpaired) electrons. The van der Waals surface area contributed by atoms with Gasteiger partial charge in [0, 0.05) is 0 Å². The molecule has 3 aromatic rings. The predicted molar refractivity (Wildman–Crippen MR) is 180 cm³/mol. The predicted octanol–water partition coefficient (Wildman–Crippen LogP) is 9.78. The van der Waals surface area contributed by atoms with E-state index in [0.29, 0.717) is 16.2 Å². The topological polar surface area (TPSA) is 20.2 Å². The van der Waals surface area contributed by atoms with Gasteiger partial charge in [-0.15, -0.1) is 31.2 Å². The van der Waals surface area contributed by atoms with Crippen molar-refractivity contribution in [2.75, 3.05) is 0 Å². The fourth-order valence-corrected chi connectivity index (χ4v) is 6.34. The molecular formula is C35H47Cl2OSiTi. The molecule has 5 heteroatoms. The maximum absolute atomic E-state index is 9.65. The van der Waals surface area contributed by atoms with Crippen LogP contribution in [0.4, 0.5) is 0 Å². The van der Waals surface area contributed by atoms with Crippen LogP contribution in [0.15, 0.2) is 96.6 Å². The third-order valence-electron chi connectivity index (χ3n) is 7.29. The molecule has 1 N–H and O–H groups in total. The Bertz CT molecular complexity index is 1190. The molecule has 0 amide bonds. The molecule has 3 aromatic carbocycles. The molecule has 1 aliphatic rings. The Hall–Kier alpha value is -1.68. The molecule has 0 unspecified atom stereocenters. The first-order valence-corrected chi connectivity index (χ1v) is 17.2. The van der Waals surface area contributed by atoms with Gasteiger partial charge in [0.1, 0.15) is 5.75 Å². The van der Waals surface area contributed by atoms with Gasteiger partial charge in [0.15, 0.2) is 0 Å². The molecule has 1 aliphatic carbocycles. The average Bonchev–Trinajstić information content (AvgIpc) is 3.40. The minimum atomic E-state index is -1.50. The SMILES string of the molecule is CC(C)(C)C1=[C-]CC=C1.Cc1cc(O)cc([Si](C)(C)C(C)(C)C)c1.Cl.Cl.[Ti+]=[C](c1ccccc1)c1ccccc1. The number of halogens is 2. The molecular weight excluding hydrogens is 583 g/mol. The number of allylic oxidation sites excluding steroid dienone is 4. The van der Waals surface area contributed by atoms with E-state index in [2.05, 4.69) is 147 Å². The number of aryl methyl sites for hydroxylation is 1. The number of hydrogen-bond donors (Lipinski definition) is 1. The van der Waals surface area contributed by atoms with Crippen molar-refractivity contribution in [3.63, 3.8) is 0 Å². The molecule has 0 aromatic heterocycles. The number of benzene rings is 3. The van der Waals surface area contributed by atoms with Gasteiger partial charge in [-0.3, -0.25) is 6.08 Å². The van der Waals surface area contributed by atoms with E-state index in [-0.39, 0.29) is 24.8 Å². The molecule has 0 aliphatic heterocycles. The van der Waals surface area contributed by atoms with Crippen LogP contribution in [0.5, 0.6) is 5.75 Å². The van der Waals surface area contributed by atoms with Crippen molar-refractivity contribution >= 4 is 41.9 Å². The summed E-state index contributed by atoms with van der Waals surface area (Å²) in [5.74, 6) is 0.398. The van der Waals surface area contributed by atoms with Gasteiger partial charge >= 0.3 is 95.6 Å². The van der Waals surface area contributed by atoms with Crippen LogP contribution in [0, 0.1) is 18.4 Å². The Kier molecular flexibility index (Phi) is 16.0. The first kappa shape index (κ1) is 38.3. The maximum atomic E-state index is 9.65. The summed E-state index contributed by atoms with van der Waals surface area (Å²) in [5, 5.41) is 11.3. The number of phenolic OH excluding ortho intramolecular Hbond substituents is 1. The second-order valence-electron chi connectivity index (χ2n) is 12.5. The molecule has 0 spiro atoms. The van der Waals surface area contributed by atoms with Gasteiger partial charge in [-0.25, -0.2) is 11.6 Å². The van der Waals surface area contributed by atoms with Gasteiger partial charge in [-0.1, -0.05) is 65.9 Å². The van der Waals surface area contributed by atoms with Crippen LogP contribution in [-0.2, 0) is 20.0 Å². The van der Waals surface area contributed by atoms with Crippen molar-refractivity contribution in [1.29, 1.82) is 0 Å². The fraction of sp³-hybridized carbons (Fsp3) is 0.343. The van der Waals surface area contributed by atoms with Crippen LogP contribution in [0.3, 0.4) is 0 Å². The zero-order valence-corrected chi connectivity index (χ0v) is 29.8. The average molecular weight is 631 g/mol. The molecule has 0 heterocycles. The number of aromatic hydroxyl groups is 1. The van der Waals surface area contributed by atoms with Crippen LogP contribution >= 0.6 is 24.8 Å². The van der Waals surface area contributed by atoms with Crippen molar-refractivity contribution in [1.82, 2.24) is 0 Å². The van der Waals surface area contributed by atoms with Crippen LogP contribution in [0.1, 0.15) is 64.7 Å². The van der Waals surface area contributed by atoms with Crippen molar-refractivity contribution in [3.8, 4) is 5.75 Å². The van der Waals surface area contributed by atoms with E-state index in [4.69, 9.17) is 0 Å². The third-order valence-corrected chi connectivity index (χ3v) is 13.7. The standard InChI is InChI=1S/C13H22OSi.C13H10.C9H13.2ClH.Ti/c1-10-7-11(14)9-12(8-10)15(5,6)13(2,3)4;1-3-7-12(8-4-1)11-13-9-5-2-6-10-13;1-9(2,3)8-6-4-5-7-8;;;/h7-9,14H,1-6H3;1-10H;4,6H,5H2,1-3H3;2*1H;/q;;-1;;;+1. The summed E-state index contributed by atoms with van der Waals surface area (Å²) in [5.41, 5.74) is 5.38. The summed E-state index contributed by atoms with van der Waals surface area (Å²) in [7, 11) is -1.50. The molecule has 40 heavy (non-hydrogen) atoms. The van der Waals surface area contributed by atoms with E-state index in [1.54, 1.807) is 0 Å². The van der Waals surface area contributed by atoms with E-state index in [1.807, 2.05) is 31.2 Å². The molecule has 0 saturated carbocycles. The quantitative estimate of drug-likeness (QED) is 0.226. The molecule has 0 saturated heterocycles. The summed E-state index contributed by atoms with van der Waals surface area (Å²) in [6.07, 6.45) is 8.63. The molecule has 0 fully saturated rings. The Labute approximate surface area is 269 Å². The summed E-state index contributed by atoms with van der Waals surface area (Å²) in [6, 6.07) is 26.9. The van der Waals surface area contributed by atoms with Crippen molar-refractivity contribution in [3.05, 3.63) is 119 Å². The van der Waals surface area contributed by atoms with Gasteiger partial charge in [0.2, 0.25) is 0 Å². The summed E-state index contributed by atoms with van der Waals surface area (Å²) in [6.45, 7) is 20.3. The number of rotatable bonds is 3. The Morgan fingerprint density at radius 1 is 0.800 bits per heavy atom. The van der Waals surface area contributed by atoms with E-state index >= 15 is 0 Å². The second-order valence-corrected chi connectivity index (χ2v) is 18.6. The van der Waals surface area contributed by atoms with Gasteiger partial charge in [-0.05, 0) is 35.1 Å². The normalized spacial score (nSPS) is 12.4. The zero-order valence-electron chi connectivity index (χ0n) is 25.6. The Morgan fingerprint density at radius 3 is 1.60 bits per heavy atom. The van der Waals surface area contributed by atoms with Gasteiger partial charge in [0.25, 0.3) is 0 Å². The third kappa shape index (κ3) is 11.7. The van der Waals surface area contributed by atoms with Crippen LogP contribution in [0.25, 0.3) is 0 Å². The fourth-order valence-electron chi connectivity index (χ4n) is 3.85. The number of phenols is 1. The van der Waals surface area contributed by atoms with Gasteiger partial charge < -0.3 is 5.11 Å². The first-order chi connectivity index (χ1) is 17.6. The summed E-state index contributed by atoms with van der Waals surface area (Å²) in [4.78, 5) is 0. The molecule has 0 bridgehead atoms. The molecule has 215 valence electrons. The van der Waals surface area contributed by atoms with E-state index in [9.17, 15) is 5.11 Å². The van der Waals surface area contributed by atoms with Crippen molar-refractivity contribution in [2.45, 2.75) is 73.0 Å². The molecule has 0 atom stereocenters. The molecule has 1 nitrogen and oxygen atoms in total. The summed E-state index contributed by atoms with van der Waals surface area (Å²) >= 11 is 2.16. The number of hydrogen-bond acceptors (Lipinski definition) is 1. The zero-order chi connectivity index (χ0) is 28.6. The van der Waals surface area contributed by atoms with Crippen LogP contribution < -0.4 is 5.19 Å². The van der Waals surface area contributed by atoms with Gasteiger partial charge in [-0.2, -0.15) is 6.08 Å². The van der Waals surface area contributed by atoms with E-state index < -0.39 is 8.07 Å². The minimum absolute atomic E-state index is 0. The van der Waals surface area contributed by atoms with Crippen molar-refractivity contribution in [2.24, 2.45) is 5.41 Å². The van der Waals surface area contributed by atoms with E-state index in [0.717, 1.165) is 12.0 Å². The monoisotopic (exact) mass is 629 g/mol. The van der Waals surface area contributed by atoms with Gasteiger partial charge in [0.05, 0.1) is 8.07 Å². The summed E-state index contributed by atoms with van der Waals surface area (Å²) < 4.78 is 1.33. The molecule has 4 rings (SSSR count). The van der Waals surface area contributed by atoms with E-state index in [1.165, 1.54) is 25.7 Å².